The summed E-state index contributed by atoms with van der Waals surface area (Å²) < 4.78 is 34.2. The van der Waals surface area contributed by atoms with Crippen molar-refractivity contribution in [2.24, 2.45) is 18.9 Å². The zero-order valence-electron chi connectivity index (χ0n) is 13.3. The monoisotopic (exact) mass is 342 g/mol. The van der Waals surface area contributed by atoms with Gasteiger partial charge >= 0.3 is 0 Å². The standard InChI is InChI=1S/C14H22N4O4S/c1-15-14(19)11-5-10-6-18(4-3-12(10)22-8-11)23(20,21)13-7-17(2)9-16-13/h7,9-12H,3-6,8H2,1-2H3,(H,15,19)/t10-,11-,12+/m1/s1. The number of fused-ring (bicyclic) bond motifs is 1. The van der Waals surface area contributed by atoms with Gasteiger partial charge in [-0.1, -0.05) is 0 Å². The van der Waals surface area contributed by atoms with Crippen LogP contribution >= 0.6 is 0 Å². The van der Waals surface area contributed by atoms with Crippen LogP contribution in [0.15, 0.2) is 17.6 Å². The van der Waals surface area contributed by atoms with Crippen molar-refractivity contribution in [2.75, 3.05) is 26.7 Å². The van der Waals surface area contributed by atoms with E-state index >= 15 is 0 Å². The summed E-state index contributed by atoms with van der Waals surface area (Å²) in [5, 5.41) is 2.70. The van der Waals surface area contributed by atoms with Crippen LogP contribution in [-0.4, -0.2) is 61.0 Å². The van der Waals surface area contributed by atoms with Crippen molar-refractivity contribution >= 4 is 15.9 Å². The maximum Gasteiger partial charge on any atom is 0.262 e. The van der Waals surface area contributed by atoms with Crippen LogP contribution in [0.2, 0.25) is 0 Å². The smallest absolute Gasteiger partial charge is 0.262 e. The van der Waals surface area contributed by atoms with Gasteiger partial charge in [-0.15, -0.1) is 0 Å². The SMILES string of the molecule is CNC(=O)[C@H]1CO[C@H]2CCN(S(=O)(=O)c3cn(C)cn3)C[C@H]2C1. The van der Waals surface area contributed by atoms with Crippen molar-refractivity contribution in [3.63, 3.8) is 0 Å². The van der Waals surface area contributed by atoms with Crippen molar-refractivity contribution in [3.05, 3.63) is 12.5 Å². The van der Waals surface area contributed by atoms with Gasteiger partial charge < -0.3 is 14.6 Å². The third-order valence-corrected chi connectivity index (χ3v) is 6.38. The molecule has 2 saturated heterocycles. The molecule has 1 amide bonds. The van der Waals surface area contributed by atoms with Gasteiger partial charge in [0.2, 0.25) is 5.91 Å². The number of amides is 1. The summed E-state index contributed by atoms with van der Waals surface area (Å²) in [6, 6.07) is 0. The second kappa shape index (κ2) is 6.21. The Morgan fingerprint density at radius 1 is 1.48 bits per heavy atom. The topological polar surface area (TPSA) is 93.5 Å². The molecular weight excluding hydrogens is 320 g/mol. The Bertz CT molecular complexity index is 687. The molecule has 0 spiro atoms. The highest BCUT2D eigenvalue weighted by Gasteiger charge is 2.41. The molecule has 3 rings (SSSR count). The third kappa shape index (κ3) is 3.13. The second-order valence-corrected chi connectivity index (χ2v) is 8.09. The molecule has 1 aromatic heterocycles. The Kier molecular flexibility index (Phi) is 4.43. The van der Waals surface area contributed by atoms with E-state index in [1.54, 1.807) is 18.7 Å². The minimum Gasteiger partial charge on any atom is -0.377 e. The molecular formula is C14H22N4O4S. The number of hydrogen-bond donors (Lipinski definition) is 1. The first-order chi connectivity index (χ1) is 10.9. The molecule has 8 nitrogen and oxygen atoms in total. The van der Waals surface area contributed by atoms with Gasteiger partial charge in [0.1, 0.15) is 0 Å². The number of aromatic nitrogens is 2. The summed E-state index contributed by atoms with van der Waals surface area (Å²) in [5.74, 6) is -0.217. The van der Waals surface area contributed by atoms with Gasteiger partial charge in [0, 0.05) is 33.4 Å². The van der Waals surface area contributed by atoms with Crippen molar-refractivity contribution in [1.29, 1.82) is 0 Å². The Morgan fingerprint density at radius 2 is 2.26 bits per heavy atom. The molecule has 0 saturated carbocycles. The Morgan fingerprint density at radius 3 is 2.91 bits per heavy atom. The van der Waals surface area contributed by atoms with Crippen molar-refractivity contribution < 1.29 is 17.9 Å². The molecule has 0 aromatic carbocycles. The van der Waals surface area contributed by atoms with Gasteiger partial charge in [-0.25, -0.2) is 13.4 Å². The van der Waals surface area contributed by atoms with E-state index in [1.165, 1.54) is 16.8 Å². The molecule has 3 heterocycles. The molecule has 1 aromatic rings. The summed E-state index contributed by atoms with van der Waals surface area (Å²) in [5.41, 5.74) is 0. The summed E-state index contributed by atoms with van der Waals surface area (Å²) in [6.07, 6.45) is 4.32. The van der Waals surface area contributed by atoms with E-state index in [1.807, 2.05) is 0 Å². The fourth-order valence-corrected chi connectivity index (χ4v) is 4.83. The largest absolute Gasteiger partial charge is 0.377 e. The number of hydrogen-bond acceptors (Lipinski definition) is 5. The average molecular weight is 342 g/mol. The fourth-order valence-electron chi connectivity index (χ4n) is 3.36. The van der Waals surface area contributed by atoms with Crippen LogP contribution in [0.5, 0.6) is 0 Å². The number of ether oxygens (including phenoxy) is 1. The van der Waals surface area contributed by atoms with E-state index < -0.39 is 10.0 Å². The van der Waals surface area contributed by atoms with Gasteiger partial charge in [-0.05, 0) is 18.8 Å². The zero-order chi connectivity index (χ0) is 16.6. The third-order valence-electron chi connectivity index (χ3n) is 4.63. The minimum atomic E-state index is -3.59. The van der Waals surface area contributed by atoms with Crippen LogP contribution in [0.25, 0.3) is 0 Å². The Labute approximate surface area is 135 Å². The number of rotatable bonds is 3. The molecule has 2 fully saturated rings. The van der Waals surface area contributed by atoms with Gasteiger partial charge in [0.15, 0.2) is 5.03 Å². The number of nitrogens with one attached hydrogen (secondary N) is 1. The van der Waals surface area contributed by atoms with Crippen LogP contribution in [0.3, 0.4) is 0 Å². The quantitative estimate of drug-likeness (QED) is 0.805. The van der Waals surface area contributed by atoms with Crippen molar-refractivity contribution in [3.8, 4) is 0 Å². The number of carbonyl (C=O) groups excluding carboxylic acids is 1. The number of piperidine rings is 1. The highest BCUT2D eigenvalue weighted by molar-refractivity contribution is 7.89. The first-order valence-corrected chi connectivity index (χ1v) is 9.17. The lowest BCUT2D eigenvalue weighted by Crippen LogP contribution is -2.51. The van der Waals surface area contributed by atoms with Crippen LogP contribution in [0.4, 0.5) is 0 Å². The summed E-state index contributed by atoms with van der Waals surface area (Å²) in [7, 11) is -0.248. The molecule has 0 unspecified atom stereocenters. The highest BCUT2D eigenvalue weighted by Crippen LogP contribution is 2.33. The number of nitrogens with zero attached hydrogens (tertiary/aromatic N) is 3. The Balaban J connectivity index is 1.74. The number of carbonyl (C=O) groups is 1. The van der Waals surface area contributed by atoms with Crippen LogP contribution in [0, 0.1) is 11.8 Å². The molecule has 2 aliphatic rings. The van der Waals surface area contributed by atoms with Crippen LogP contribution in [-0.2, 0) is 26.6 Å². The van der Waals surface area contributed by atoms with Gasteiger partial charge in [0.25, 0.3) is 10.0 Å². The summed E-state index contributed by atoms with van der Waals surface area (Å²) >= 11 is 0. The number of sulfonamides is 1. The predicted octanol–water partition coefficient (Wildman–Crippen LogP) is -0.418. The zero-order valence-corrected chi connectivity index (χ0v) is 14.1. The molecule has 9 heteroatoms. The molecule has 128 valence electrons. The molecule has 3 atom stereocenters. The van der Waals surface area contributed by atoms with E-state index in [0.717, 1.165) is 0 Å². The molecule has 23 heavy (non-hydrogen) atoms. The molecule has 0 radical (unpaired) electrons. The van der Waals surface area contributed by atoms with Gasteiger partial charge in [-0.3, -0.25) is 4.79 Å². The van der Waals surface area contributed by atoms with Crippen LogP contribution < -0.4 is 5.32 Å². The maximum atomic E-state index is 12.7. The normalized spacial score (nSPS) is 29.0. The van der Waals surface area contributed by atoms with Crippen molar-refractivity contribution in [1.82, 2.24) is 19.2 Å². The maximum absolute atomic E-state index is 12.7. The lowest BCUT2D eigenvalue weighted by molar-refractivity contribution is -0.136. The average Bonchev–Trinajstić information content (AvgIpc) is 3.00. The van der Waals surface area contributed by atoms with Gasteiger partial charge in [-0.2, -0.15) is 4.31 Å². The molecule has 0 bridgehead atoms. The summed E-state index contributed by atoms with van der Waals surface area (Å²) in [6.45, 7) is 1.20. The Hall–Kier alpha value is -1.45. The molecule has 1 N–H and O–H groups in total. The lowest BCUT2D eigenvalue weighted by atomic mass is 9.84. The predicted molar refractivity (Wildman–Crippen MR) is 82.0 cm³/mol. The molecule has 2 aliphatic heterocycles. The highest BCUT2D eigenvalue weighted by atomic mass is 32.2. The van der Waals surface area contributed by atoms with Crippen molar-refractivity contribution in [2.45, 2.75) is 24.0 Å². The van der Waals surface area contributed by atoms with E-state index in [0.29, 0.717) is 32.5 Å². The number of imidazole rings is 1. The first kappa shape index (κ1) is 16.4. The lowest BCUT2D eigenvalue weighted by Gasteiger charge is -2.42. The van der Waals surface area contributed by atoms with Gasteiger partial charge in [0.05, 0.1) is 25.0 Å². The van der Waals surface area contributed by atoms with E-state index in [2.05, 4.69) is 10.3 Å². The summed E-state index contributed by atoms with van der Waals surface area (Å²) in [4.78, 5) is 15.8. The first-order valence-electron chi connectivity index (χ1n) is 7.73. The van der Waals surface area contributed by atoms with E-state index in [4.69, 9.17) is 4.74 Å². The number of aryl methyl sites for hydroxylation is 1. The van der Waals surface area contributed by atoms with Crippen LogP contribution in [0.1, 0.15) is 12.8 Å². The van der Waals surface area contributed by atoms with E-state index in [9.17, 15) is 13.2 Å². The van der Waals surface area contributed by atoms with E-state index in [-0.39, 0.29) is 28.9 Å². The second-order valence-electron chi connectivity index (χ2n) is 6.21. The fraction of sp³-hybridized carbons (Fsp3) is 0.714. The molecule has 0 aliphatic carbocycles. The minimum absolute atomic E-state index is 0.0334.